The second kappa shape index (κ2) is 6.24. The van der Waals surface area contributed by atoms with Crippen molar-refractivity contribution in [3.63, 3.8) is 0 Å². The molecule has 1 atom stereocenters. The van der Waals surface area contributed by atoms with E-state index in [1.807, 2.05) is 6.92 Å². The molecule has 0 aromatic heterocycles. The van der Waals surface area contributed by atoms with Gasteiger partial charge in [-0.1, -0.05) is 13.8 Å². The Hall–Kier alpha value is -0.570. The van der Waals surface area contributed by atoms with Gasteiger partial charge >= 0.3 is 0 Å². The van der Waals surface area contributed by atoms with E-state index in [0.717, 1.165) is 19.4 Å². The van der Waals surface area contributed by atoms with Crippen molar-refractivity contribution in [3.8, 4) is 0 Å². The van der Waals surface area contributed by atoms with E-state index in [2.05, 4.69) is 18.7 Å². The van der Waals surface area contributed by atoms with Gasteiger partial charge in [-0.05, 0) is 38.5 Å². The van der Waals surface area contributed by atoms with Crippen LogP contribution < -0.4 is 5.73 Å². The van der Waals surface area contributed by atoms with Gasteiger partial charge < -0.3 is 10.6 Å². The second-order valence-corrected chi connectivity index (χ2v) is 5.54. The summed E-state index contributed by atoms with van der Waals surface area (Å²) in [5.74, 6) is 0.898. The van der Waals surface area contributed by atoms with Crippen molar-refractivity contribution in [1.29, 1.82) is 0 Å². The van der Waals surface area contributed by atoms with Crippen LogP contribution in [0.2, 0.25) is 0 Å². The molecule has 0 bridgehead atoms. The minimum Gasteiger partial charge on any atom is -0.339 e. The first-order chi connectivity index (χ1) is 7.50. The summed E-state index contributed by atoms with van der Waals surface area (Å²) in [5, 5.41) is 0. The summed E-state index contributed by atoms with van der Waals surface area (Å²) in [7, 11) is 0. The van der Waals surface area contributed by atoms with Crippen LogP contribution in [-0.4, -0.2) is 29.4 Å². The lowest BCUT2D eigenvalue weighted by Gasteiger charge is -2.24. The molecule has 94 valence electrons. The van der Waals surface area contributed by atoms with Gasteiger partial charge in [-0.2, -0.15) is 0 Å². The summed E-state index contributed by atoms with van der Waals surface area (Å²) in [6.45, 7) is 7.26. The first kappa shape index (κ1) is 13.5. The molecule has 2 N–H and O–H groups in total. The third kappa shape index (κ3) is 4.97. The van der Waals surface area contributed by atoms with Crippen LogP contribution >= 0.6 is 0 Å². The summed E-state index contributed by atoms with van der Waals surface area (Å²) < 4.78 is 0. The van der Waals surface area contributed by atoms with Crippen LogP contribution in [0.5, 0.6) is 0 Å². The van der Waals surface area contributed by atoms with Gasteiger partial charge in [0, 0.05) is 25.0 Å². The van der Waals surface area contributed by atoms with E-state index in [1.54, 1.807) is 0 Å². The zero-order valence-corrected chi connectivity index (χ0v) is 10.9. The predicted octanol–water partition coefficient (Wildman–Crippen LogP) is 2.15. The zero-order valence-electron chi connectivity index (χ0n) is 10.9. The average molecular weight is 226 g/mol. The Morgan fingerprint density at radius 3 is 2.44 bits per heavy atom. The first-order valence-electron chi connectivity index (χ1n) is 6.55. The molecular formula is C13H26N2O. The second-order valence-electron chi connectivity index (χ2n) is 5.54. The molecule has 0 aromatic carbocycles. The van der Waals surface area contributed by atoms with E-state index >= 15 is 0 Å². The van der Waals surface area contributed by atoms with E-state index in [-0.39, 0.29) is 6.04 Å². The normalized spacial score (nSPS) is 17.6. The molecule has 0 aliphatic heterocycles. The molecule has 0 radical (unpaired) electrons. The van der Waals surface area contributed by atoms with Crippen LogP contribution in [0.3, 0.4) is 0 Å². The topological polar surface area (TPSA) is 46.3 Å². The van der Waals surface area contributed by atoms with Crippen molar-refractivity contribution in [3.05, 3.63) is 0 Å². The Morgan fingerprint density at radius 1 is 1.38 bits per heavy atom. The maximum atomic E-state index is 12.0. The Morgan fingerprint density at radius 2 is 2.00 bits per heavy atom. The quantitative estimate of drug-likeness (QED) is 0.723. The number of hydrogen-bond donors (Lipinski definition) is 1. The maximum Gasteiger partial charge on any atom is 0.222 e. The first-order valence-corrected chi connectivity index (χ1v) is 6.55. The SMILES string of the molecule is CC(C)CN(C(=O)CCCC(C)N)C1CC1. The van der Waals surface area contributed by atoms with Gasteiger partial charge in [0.2, 0.25) is 5.91 Å². The standard InChI is InChI=1S/C13H26N2O/c1-10(2)9-15(12-7-8-12)13(16)6-4-5-11(3)14/h10-12H,4-9,14H2,1-3H3. The molecule has 1 unspecified atom stereocenters. The molecule has 0 saturated heterocycles. The van der Waals surface area contributed by atoms with E-state index in [0.29, 0.717) is 24.3 Å². The van der Waals surface area contributed by atoms with E-state index in [4.69, 9.17) is 5.73 Å². The van der Waals surface area contributed by atoms with Crippen LogP contribution in [0.4, 0.5) is 0 Å². The highest BCUT2D eigenvalue weighted by molar-refractivity contribution is 5.76. The molecule has 0 aromatic rings. The molecule has 1 saturated carbocycles. The molecule has 0 spiro atoms. The Labute approximate surface area is 99.4 Å². The Kier molecular flexibility index (Phi) is 5.26. The molecule has 3 heteroatoms. The molecule has 1 amide bonds. The van der Waals surface area contributed by atoms with Crippen molar-refractivity contribution in [2.45, 2.75) is 65.0 Å². The lowest BCUT2D eigenvalue weighted by atomic mass is 10.1. The van der Waals surface area contributed by atoms with Crippen LogP contribution in [0.15, 0.2) is 0 Å². The molecule has 1 fully saturated rings. The largest absolute Gasteiger partial charge is 0.339 e. The number of amides is 1. The van der Waals surface area contributed by atoms with E-state index < -0.39 is 0 Å². The van der Waals surface area contributed by atoms with Crippen molar-refractivity contribution >= 4 is 5.91 Å². The number of carbonyl (C=O) groups is 1. The van der Waals surface area contributed by atoms with Gasteiger partial charge in [-0.3, -0.25) is 4.79 Å². The smallest absolute Gasteiger partial charge is 0.222 e. The minimum atomic E-state index is 0.215. The highest BCUT2D eigenvalue weighted by atomic mass is 16.2. The average Bonchev–Trinajstić information content (AvgIpc) is 2.96. The molecular weight excluding hydrogens is 200 g/mol. The van der Waals surface area contributed by atoms with E-state index in [1.165, 1.54) is 12.8 Å². The highest BCUT2D eigenvalue weighted by Gasteiger charge is 2.32. The van der Waals surface area contributed by atoms with Gasteiger partial charge in [0.1, 0.15) is 0 Å². The lowest BCUT2D eigenvalue weighted by Crippen LogP contribution is -2.36. The molecule has 1 aliphatic carbocycles. The van der Waals surface area contributed by atoms with Crippen molar-refractivity contribution in [2.24, 2.45) is 11.7 Å². The molecule has 1 rings (SSSR count). The van der Waals surface area contributed by atoms with Gasteiger partial charge in [0.25, 0.3) is 0 Å². The summed E-state index contributed by atoms with van der Waals surface area (Å²) in [6.07, 6.45) is 4.95. The number of nitrogens with two attached hydrogens (primary N) is 1. The molecule has 1 aliphatic rings. The number of nitrogens with zero attached hydrogens (tertiary/aromatic N) is 1. The summed E-state index contributed by atoms with van der Waals surface area (Å²) in [6, 6.07) is 0.762. The fourth-order valence-corrected chi connectivity index (χ4v) is 1.95. The fraction of sp³-hybridized carbons (Fsp3) is 0.923. The molecule has 0 heterocycles. The van der Waals surface area contributed by atoms with Gasteiger partial charge in [0.05, 0.1) is 0 Å². The third-order valence-electron chi connectivity index (χ3n) is 2.92. The van der Waals surface area contributed by atoms with Gasteiger partial charge in [-0.15, -0.1) is 0 Å². The van der Waals surface area contributed by atoms with Crippen LogP contribution in [0.25, 0.3) is 0 Å². The van der Waals surface area contributed by atoms with Crippen molar-refractivity contribution in [1.82, 2.24) is 4.90 Å². The summed E-state index contributed by atoms with van der Waals surface area (Å²) in [4.78, 5) is 14.1. The highest BCUT2D eigenvalue weighted by Crippen LogP contribution is 2.28. The summed E-state index contributed by atoms with van der Waals surface area (Å²) >= 11 is 0. The predicted molar refractivity (Wildman–Crippen MR) is 67.1 cm³/mol. The van der Waals surface area contributed by atoms with Gasteiger partial charge in [0.15, 0.2) is 0 Å². The van der Waals surface area contributed by atoms with Crippen molar-refractivity contribution in [2.75, 3.05) is 6.54 Å². The van der Waals surface area contributed by atoms with Gasteiger partial charge in [-0.25, -0.2) is 0 Å². The molecule has 3 nitrogen and oxygen atoms in total. The van der Waals surface area contributed by atoms with Crippen LogP contribution in [0, 0.1) is 5.92 Å². The monoisotopic (exact) mass is 226 g/mol. The maximum absolute atomic E-state index is 12.0. The Bertz CT molecular complexity index is 222. The molecule has 16 heavy (non-hydrogen) atoms. The van der Waals surface area contributed by atoms with Crippen LogP contribution in [-0.2, 0) is 4.79 Å². The number of rotatable bonds is 7. The zero-order chi connectivity index (χ0) is 12.1. The summed E-state index contributed by atoms with van der Waals surface area (Å²) in [5.41, 5.74) is 5.68. The fourth-order valence-electron chi connectivity index (χ4n) is 1.95. The minimum absolute atomic E-state index is 0.215. The third-order valence-corrected chi connectivity index (χ3v) is 2.92. The number of hydrogen-bond acceptors (Lipinski definition) is 2. The Balaban J connectivity index is 2.30. The number of carbonyl (C=O) groups excluding carboxylic acids is 1. The van der Waals surface area contributed by atoms with Crippen molar-refractivity contribution < 1.29 is 4.79 Å². The van der Waals surface area contributed by atoms with E-state index in [9.17, 15) is 4.79 Å². The lowest BCUT2D eigenvalue weighted by molar-refractivity contribution is -0.132. The van der Waals surface area contributed by atoms with Crippen LogP contribution in [0.1, 0.15) is 52.9 Å².